The van der Waals surface area contributed by atoms with Crippen LogP contribution >= 0.6 is 0 Å². The van der Waals surface area contributed by atoms with Crippen molar-refractivity contribution in [1.82, 2.24) is 16.0 Å². The van der Waals surface area contributed by atoms with Crippen LogP contribution < -0.4 is 16.0 Å². The third-order valence-electron chi connectivity index (χ3n) is 7.02. The maximum absolute atomic E-state index is 13.6. The van der Waals surface area contributed by atoms with Gasteiger partial charge in [-0.2, -0.15) is 0 Å². The summed E-state index contributed by atoms with van der Waals surface area (Å²) in [7, 11) is 1.39. The first kappa shape index (κ1) is 20.8. The lowest BCUT2D eigenvalue weighted by Gasteiger charge is -2.55. The van der Waals surface area contributed by atoms with Gasteiger partial charge < -0.3 is 16.0 Å². The molecule has 30 heavy (non-hydrogen) atoms. The quantitative estimate of drug-likeness (QED) is 0.661. The van der Waals surface area contributed by atoms with Crippen molar-refractivity contribution >= 4 is 17.7 Å². The molecule has 0 radical (unpaired) electrons. The Labute approximate surface area is 174 Å². The second-order valence-electron chi connectivity index (χ2n) is 9.17. The van der Waals surface area contributed by atoms with E-state index in [1.54, 1.807) is 0 Å². The molecule has 1 unspecified atom stereocenters. The summed E-state index contributed by atoms with van der Waals surface area (Å²) in [5.41, 5.74) is -0.246. The van der Waals surface area contributed by atoms with Crippen molar-refractivity contribution in [2.75, 3.05) is 13.6 Å². The first-order valence-corrected chi connectivity index (χ1v) is 10.5. The number of carbonyl (C=O) groups excluding carboxylic acids is 3. The SMILES string of the molecule is CNC(=O)C(NC(=O)CNC(=O)C12CC3CC(CC(C3)C1)C2)c1ccc(F)c(F)c1. The van der Waals surface area contributed by atoms with Crippen molar-refractivity contribution in [3.05, 3.63) is 35.4 Å². The van der Waals surface area contributed by atoms with Crippen molar-refractivity contribution in [1.29, 1.82) is 0 Å². The molecular weight excluding hydrogens is 392 g/mol. The van der Waals surface area contributed by atoms with Crippen LogP contribution in [0.25, 0.3) is 0 Å². The third-order valence-corrected chi connectivity index (χ3v) is 7.02. The molecule has 0 aliphatic heterocycles. The summed E-state index contributed by atoms with van der Waals surface area (Å²) in [5, 5.41) is 7.66. The zero-order valence-electron chi connectivity index (χ0n) is 17.0. The van der Waals surface area contributed by atoms with Gasteiger partial charge in [-0.3, -0.25) is 14.4 Å². The standard InChI is InChI=1S/C22H27F2N3O3/c1-25-20(29)19(15-2-3-16(23)17(24)7-15)27-18(28)11-26-21(30)22-8-12-4-13(9-22)6-14(5-12)10-22/h2-3,7,12-14,19H,4-6,8-11H2,1H3,(H,25,29)(H,26,30)(H,27,28). The van der Waals surface area contributed by atoms with E-state index in [1.807, 2.05) is 0 Å². The van der Waals surface area contributed by atoms with E-state index in [9.17, 15) is 23.2 Å². The number of rotatable bonds is 6. The van der Waals surface area contributed by atoms with E-state index in [0.717, 1.165) is 31.4 Å². The van der Waals surface area contributed by atoms with Crippen LogP contribution in [0.1, 0.15) is 50.1 Å². The molecule has 162 valence electrons. The van der Waals surface area contributed by atoms with Crippen molar-refractivity contribution in [2.45, 2.75) is 44.6 Å². The number of halogens is 2. The number of amides is 3. The Morgan fingerprint density at radius 3 is 2.17 bits per heavy atom. The van der Waals surface area contributed by atoms with Crippen molar-refractivity contribution in [3.8, 4) is 0 Å². The van der Waals surface area contributed by atoms with Gasteiger partial charge in [0, 0.05) is 12.5 Å². The highest BCUT2D eigenvalue weighted by Crippen LogP contribution is 2.60. The fraction of sp³-hybridized carbons (Fsp3) is 0.591. The summed E-state index contributed by atoms with van der Waals surface area (Å²) >= 11 is 0. The minimum absolute atomic E-state index is 0.0823. The molecule has 4 fully saturated rings. The summed E-state index contributed by atoms with van der Waals surface area (Å²) in [5.74, 6) is -1.52. The summed E-state index contributed by atoms with van der Waals surface area (Å²) in [6.07, 6.45) is 6.33. The van der Waals surface area contributed by atoms with Gasteiger partial charge in [-0.15, -0.1) is 0 Å². The van der Waals surface area contributed by atoms with Gasteiger partial charge in [0.25, 0.3) is 0 Å². The lowest BCUT2D eigenvalue weighted by atomic mass is 9.49. The van der Waals surface area contributed by atoms with E-state index in [1.165, 1.54) is 32.4 Å². The zero-order valence-corrected chi connectivity index (χ0v) is 17.0. The molecule has 4 saturated carbocycles. The Balaban J connectivity index is 1.38. The van der Waals surface area contributed by atoms with E-state index < -0.39 is 29.5 Å². The van der Waals surface area contributed by atoms with Crippen LogP contribution in [-0.4, -0.2) is 31.3 Å². The molecule has 3 amide bonds. The van der Waals surface area contributed by atoms with Crippen LogP contribution in [0, 0.1) is 34.8 Å². The van der Waals surface area contributed by atoms with E-state index in [-0.39, 0.29) is 23.4 Å². The normalized spacial score (nSPS) is 29.9. The number of hydrogen-bond acceptors (Lipinski definition) is 3. The number of benzene rings is 1. The number of likely N-dealkylation sites (N-methyl/N-ethyl adjacent to an activating group) is 1. The van der Waals surface area contributed by atoms with Crippen molar-refractivity contribution in [2.24, 2.45) is 23.2 Å². The molecule has 1 aromatic carbocycles. The van der Waals surface area contributed by atoms with Gasteiger partial charge in [-0.25, -0.2) is 8.78 Å². The van der Waals surface area contributed by atoms with Gasteiger partial charge in [-0.05, 0) is 74.0 Å². The van der Waals surface area contributed by atoms with Gasteiger partial charge in [0.15, 0.2) is 11.6 Å². The highest BCUT2D eigenvalue weighted by molar-refractivity contribution is 5.91. The lowest BCUT2D eigenvalue weighted by molar-refractivity contribution is -0.147. The maximum atomic E-state index is 13.6. The van der Waals surface area contributed by atoms with Gasteiger partial charge in [0.1, 0.15) is 6.04 Å². The molecule has 0 aromatic heterocycles. The highest BCUT2D eigenvalue weighted by atomic mass is 19.2. The average molecular weight is 419 g/mol. The van der Waals surface area contributed by atoms with Crippen LogP contribution in [-0.2, 0) is 14.4 Å². The first-order valence-electron chi connectivity index (χ1n) is 10.5. The molecule has 0 spiro atoms. The van der Waals surface area contributed by atoms with Gasteiger partial charge >= 0.3 is 0 Å². The van der Waals surface area contributed by atoms with Gasteiger partial charge in [0.05, 0.1) is 6.54 Å². The van der Waals surface area contributed by atoms with Crippen molar-refractivity contribution < 1.29 is 23.2 Å². The molecule has 6 nitrogen and oxygen atoms in total. The van der Waals surface area contributed by atoms with Crippen LogP contribution in [0.15, 0.2) is 18.2 Å². The number of nitrogens with one attached hydrogen (secondary N) is 3. The average Bonchev–Trinajstić information content (AvgIpc) is 2.70. The molecule has 5 rings (SSSR count). The Hall–Kier alpha value is -2.51. The van der Waals surface area contributed by atoms with E-state index in [0.29, 0.717) is 17.8 Å². The minimum atomic E-state index is -1.19. The Morgan fingerprint density at radius 1 is 1.03 bits per heavy atom. The Kier molecular flexibility index (Phi) is 5.51. The topological polar surface area (TPSA) is 87.3 Å². The second-order valence-corrected chi connectivity index (χ2v) is 9.17. The maximum Gasteiger partial charge on any atom is 0.246 e. The Morgan fingerprint density at radius 2 is 1.63 bits per heavy atom. The van der Waals surface area contributed by atoms with E-state index in [2.05, 4.69) is 16.0 Å². The fourth-order valence-electron chi connectivity index (χ4n) is 6.09. The first-order chi connectivity index (χ1) is 14.3. The highest BCUT2D eigenvalue weighted by Gasteiger charge is 2.54. The minimum Gasteiger partial charge on any atom is -0.357 e. The van der Waals surface area contributed by atoms with Crippen molar-refractivity contribution in [3.63, 3.8) is 0 Å². The largest absolute Gasteiger partial charge is 0.357 e. The number of carbonyl (C=O) groups is 3. The molecule has 4 aliphatic rings. The number of hydrogen-bond donors (Lipinski definition) is 3. The molecule has 1 aromatic rings. The molecule has 8 heteroatoms. The Bertz CT molecular complexity index is 838. The smallest absolute Gasteiger partial charge is 0.246 e. The van der Waals surface area contributed by atoms with Crippen LogP contribution in [0.4, 0.5) is 8.78 Å². The monoisotopic (exact) mass is 419 g/mol. The molecular formula is C22H27F2N3O3. The third kappa shape index (κ3) is 3.91. The molecule has 4 aliphatic carbocycles. The summed E-state index contributed by atoms with van der Waals surface area (Å²) in [4.78, 5) is 37.6. The van der Waals surface area contributed by atoms with E-state index in [4.69, 9.17) is 0 Å². The predicted octanol–water partition coefficient (Wildman–Crippen LogP) is 2.20. The summed E-state index contributed by atoms with van der Waals surface area (Å²) < 4.78 is 26.8. The molecule has 0 heterocycles. The molecule has 0 saturated heterocycles. The predicted molar refractivity (Wildman–Crippen MR) is 105 cm³/mol. The lowest BCUT2D eigenvalue weighted by Crippen LogP contribution is -2.55. The van der Waals surface area contributed by atoms with Gasteiger partial charge in [0.2, 0.25) is 17.7 Å². The van der Waals surface area contributed by atoms with Crippen LogP contribution in [0.3, 0.4) is 0 Å². The molecule has 1 atom stereocenters. The molecule has 3 N–H and O–H groups in total. The summed E-state index contributed by atoms with van der Waals surface area (Å²) in [6, 6.07) is 1.84. The van der Waals surface area contributed by atoms with Crippen LogP contribution in [0.5, 0.6) is 0 Å². The van der Waals surface area contributed by atoms with Gasteiger partial charge in [-0.1, -0.05) is 6.07 Å². The summed E-state index contributed by atoms with van der Waals surface area (Å²) in [6.45, 7) is -0.266. The van der Waals surface area contributed by atoms with Crippen LogP contribution in [0.2, 0.25) is 0 Å². The second kappa shape index (κ2) is 7.96. The zero-order chi connectivity index (χ0) is 21.5. The molecule has 4 bridgehead atoms. The van der Waals surface area contributed by atoms with E-state index >= 15 is 0 Å². The fourth-order valence-corrected chi connectivity index (χ4v) is 6.09.